The fraction of sp³-hybridized carbons (Fsp3) is 0.611. The van der Waals surface area contributed by atoms with Gasteiger partial charge in [-0.1, -0.05) is 0 Å². The number of nitrogens with zero attached hydrogens (tertiary/aromatic N) is 2. The molecule has 24 heavy (non-hydrogen) atoms. The molecule has 0 fully saturated rings. The van der Waals surface area contributed by atoms with Crippen molar-refractivity contribution in [3.05, 3.63) is 21.7 Å². The molecule has 0 radical (unpaired) electrons. The van der Waals surface area contributed by atoms with Crippen LogP contribution in [0.4, 0.5) is 10.5 Å². The van der Waals surface area contributed by atoms with Gasteiger partial charge in [0, 0.05) is 24.6 Å². The lowest BCUT2D eigenvalue weighted by molar-refractivity contribution is 0.0258. The molecule has 2 aliphatic heterocycles. The average Bonchev–Trinajstić information content (AvgIpc) is 2.68. The lowest BCUT2D eigenvalue weighted by atomic mass is 10.0. The van der Waals surface area contributed by atoms with Crippen LogP contribution in [0.1, 0.15) is 31.9 Å². The molecule has 132 valence electrons. The Kier molecular flexibility index (Phi) is 4.69. The number of benzene rings is 1. The first-order valence-corrected chi connectivity index (χ1v) is 9.21. The minimum atomic E-state index is -0.466. The molecule has 0 unspecified atom stereocenters. The monoisotopic (exact) mass is 396 g/mol. The van der Waals surface area contributed by atoms with Gasteiger partial charge in [0.1, 0.15) is 18.0 Å². The summed E-state index contributed by atoms with van der Waals surface area (Å²) >= 11 is 3.78. The molecule has 1 amide bonds. The Labute approximate surface area is 152 Å². The first kappa shape index (κ1) is 17.4. The number of fused-ring (bicyclic) bond motifs is 2. The maximum Gasteiger partial charge on any atom is 0.410 e. The molecule has 1 aromatic carbocycles. The molecule has 0 atom stereocenters. The first-order chi connectivity index (χ1) is 11.3. The van der Waals surface area contributed by atoms with Crippen LogP contribution in [0.2, 0.25) is 0 Å². The zero-order chi connectivity index (χ0) is 17.5. The van der Waals surface area contributed by atoms with Crippen molar-refractivity contribution in [2.24, 2.45) is 0 Å². The molecular formula is C18H25BrN2O3. The van der Waals surface area contributed by atoms with Gasteiger partial charge in [0.2, 0.25) is 0 Å². The number of carbonyl (C=O) groups is 1. The van der Waals surface area contributed by atoms with Gasteiger partial charge < -0.3 is 19.3 Å². The van der Waals surface area contributed by atoms with Gasteiger partial charge in [0.25, 0.3) is 0 Å². The number of halogens is 1. The van der Waals surface area contributed by atoms with Crippen LogP contribution < -0.4 is 9.64 Å². The summed E-state index contributed by atoms with van der Waals surface area (Å²) in [5, 5.41) is 0. The van der Waals surface area contributed by atoms with E-state index in [-0.39, 0.29) is 6.09 Å². The van der Waals surface area contributed by atoms with E-state index in [1.54, 1.807) is 4.90 Å². The largest absolute Gasteiger partial charge is 0.490 e. The summed E-state index contributed by atoms with van der Waals surface area (Å²) in [5.74, 6) is 0.931. The lowest BCUT2D eigenvalue weighted by Gasteiger charge is -2.30. The summed E-state index contributed by atoms with van der Waals surface area (Å²) in [6.45, 7) is 8.62. The van der Waals surface area contributed by atoms with Crippen LogP contribution in [0.3, 0.4) is 0 Å². The molecule has 0 N–H and O–H groups in total. The van der Waals surface area contributed by atoms with E-state index in [1.807, 2.05) is 20.8 Å². The minimum Gasteiger partial charge on any atom is -0.490 e. The summed E-state index contributed by atoms with van der Waals surface area (Å²) in [7, 11) is 2.09. The third-order valence-electron chi connectivity index (χ3n) is 4.40. The van der Waals surface area contributed by atoms with Crippen LogP contribution >= 0.6 is 15.9 Å². The van der Waals surface area contributed by atoms with E-state index in [2.05, 4.69) is 33.9 Å². The van der Waals surface area contributed by atoms with E-state index in [0.717, 1.165) is 35.3 Å². The molecule has 0 aromatic heterocycles. The highest BCUT2D eigenvalue weighted by atomic mass is 79.9. The maximum atomic E-state index is 12.4. The molecule has 1 aromatic rings. The number of likely N-dealkylation sites (N-methyl/N-ethyl adjacent to an activating group) is 1. The minimum absolute atomic E-state index is 0.232. The van der Waals surface area contributed by atoms with Gasteiger partial charge in [-0.3, -0.25) is 0 Å². The summed E-state index contributed by atoms with van der Waals surface area (Å²) < 4.78 is 12.5. The number of hydrogen-bond acceptors (Lipinski definition) is 4. The Balaban J connectivity index is 1.84. The Bertz CT molecular complexity index is 655. The zero-order valence-corrected chi connectivity index (χ0v) is 16.4. The molecule has 3 rings (SSSR count). The van der Waals surface area contributed by atoms with Crippen molar-refractivity contribution in [3.63, 3.8) is 0 Å². The highest BCUT2D eigenvalue weighted by Crippen LogP contribution is 2.42. The number of carbonyl (C=O) groups excluding carboxylic acids is 1. The second kappa shape index (κ2) is 6.47. The molecule has 5 nitrogen and oxygen atoms in total. The normalized spacial score (nSPS) is 17.5. The van der Waals surface area contributed by atoms with Gasteiger partial charge in [0.15, 0.2) is 0 Å². The van der Waals surface area contributed by atoms with Gasteiger partial charge in [-0.2, -0.15) is 0 Å². The molecule has 0 saturated carbocycles. The number of amides is 1. The quantitative estimate of drug-likeness (QED) is 0.671. The Morgan fingerprint density at radius 2 is 1.96 bits per heavy atom. The summed E-state index contributed by atoms with van der Waals surface area (Å²) in [6.07, 6.45) is 1.40. The average molecular weight is 397 g/mol. The van der Waals surface area contributed by atoms with Crippen molar-refractivity contribution < 1.29 is 14.3 Å². The molecule has 2 aliphatic rings. The predicted molar refractivity (Wildman–Crippen MR) is 98.1 cm³/mol. The second-order valence-electron chi connectivity index (χ2n) is 7.41. The van der Waals surface area contributed by atoms with Crippen molar-refractivity contribution in [1.29, 1.82) is 0 Å². The molecule has 0 saturated heterocycles. The van der Waals surface area contributed by atoms with Gasteiger partial charge in [-0.15, -0.1) is 0 Å². The second-order valence-corrected chi connectivity index (χ2v) is 8.21. The fourth-order valence-electron chi connectivity index (χ4n) is 3.19. The first-order valence-electron chi connectivity index (χ1n) is 8.42. The topological polar surface area (TPSA) is 42.0 Å². The van der Waals surface area contributed by atoms with Gasteiger partial charge in [-0.05, 0) is 66.7 Å². The number of anilines is 1. The summed E-state index contributed by atoms with van der Waals surface area (Å²) in [5.41, 5.74) is 3.18. The SMILES string of the molecule is CN1CCOc2cc3c(c(Br)c21)CCN(C(=O)OC(C)(C)C)CC3. The summed E-state index contributed by atoms with van der Waals surface area (Å²) in [4.78, 5) is 16.4. The van der Waals surface area contributed by atoms with E-state index in [0.29, 0.717) is 19.7 Å². The molecule has 2 heterocycles. The molecule has 0 bridgehead atoms. The molecule has 0 spiro atoms. The van der Waals surface area contributed by atoms with Crippen LogP contribution in [-0.4, -0.2) is 49.9 Å². The fourth-order valence-corrected chi connectivity index (χ4v) is 4.14. The number of rotatable bonds is 0. The van der Waals surface area contributed by atoms with E-state index < -0.39 is 5.60 Å². The van der Waals surface area contributed by atoms with Crippen molar-refractivity contribution in [1.82, 2.24) is 4.90 Å². The van der Waals surface area contributed by atoms with Crippen molar-refractivity contribution in [2.45, 2.75) is 39.2 Å². The molecular weight excluding hydrogens is 372 g/mol. The molecule has 6 heteroatoms. The van der Waals surface area contributed by atoms with E-state index >= 15 is 0 Å². The highest BCUT2D eigenvalue weighted by Gasteiger charge is 2.28. The van der Waals surface area contributed by atoms with Crippen LogP contribution in [-0.2, 0) is 17.6 Å². The van der Waals surface area contributed by atoms with Gasteiger partial charge in [-0.25, -0.2) is 4.79 Å². The van der Waals surface area contributed by atoms with Crippen molar-refractivity contribution in [3.8, 4) is 5.75 Å². The van der Waals surface area contributed by atoms with Crippen molar-refractivity contribution in [2.75, 3.05) is 38.2 Å². The third kappa shape index (κ3) is 3.48. The Morgan fingerprint density at radius 3 is 2.67 bits per heavy atom. The molecule has 0 aliphatic carbocycles. The standard InChI is InChI=1S/C18H25BrN2O3/c1-18(2,3)24-17(22)21-7-5-12-11-14-16(20(4)9-10-23-14)15(19)13(12)6-8-21/h11H,5-10H2,1-4H3. The number of hydrogen-bond donors (Lipinski definition) is 0. The van der Waals surface area contributed by atoms with Gasteiger partial charge in [0.05, 0.1) is 12.2 Å². The lowest BCUT2D eigenvalue weighted by Crippen LogP contribution is -2.38. The summed E-state index contributed by atoms with van der Waals surface area (Å²) in [6, 6.07) is 2.14. The van der Waals surface area contributed by atoms with Crippen molar-refractivity contribution >= 4 is 27.7 Å². The van der Waals surface area contributed by atoms with E-state index in [4.69, 9.17) is 9.47 Å². The smallest absolute Gasteiger partial charge is 0.410 e. The Morgan fingerprint density at radius 1 is 1.25 bits per heavy atom. The highest BCUT2D eigenvalue weighted by molar-refractivity contribution is 9.10. The van der Waals surface area contributed by atoms with Gasteiger partial charge >= 0.3 is 6.09 Å². The predicted octanol–water partition coefficient (Wildman–Crippen LogP) is 3.61. The third-order valence-corrected chi connectivity index (χ3v) is 5.25. The maximum absolute atomic E-state index is 12.4. The zero-order valence-electron chi connectivity index (χ0n) is 14.8. The van der Waals surface area contributed by atoms with E-state index in [9.17, 15) is 4.79 Å². The number of ether oxygens (including phenoxy) is 2. The van der Waals surface area contributed by atoms with Crippen LogP contribution in [0.5, 0.6) is 5.75 Å². The Hall–Kier alpha value is -1.43. The van der Waals surface area contributed by atoms with Crippen LogP contribution in [0.25, 0.3) is 0 Å². The van der Waals surface area contributed by atoms with E-state index in [1.165, 1.54) is 11.1 Å². The van der Waals surface area contributed by atoms with Crippen LogP contribution in [0.15, 0.2) is 10.5 Å². The van der Waals surface area contributed by atoms with Crippen LogP contribution in [0, 0.1) is 0 Å².